The molecule has 24 heavy (non-hydrogen) atoms. The third-order valence-electron chi connectivity index (χ3n) is 4.72. The Morgan fingerprint density at radius 2 is 1.88 bits per heavy atom. The van der Waals surface area contributed by atoms with Crippen molar-refractivity contribution < 1.29 is 19.1 Å². The number of Topliss-reactive ketones (excluding diaryl/α,β-unsaturated/α-hetero) is 1. The highest BCUT2D eigenvalue weighted by atomic mass is 35.5. The van der Waals surface area contributed by atoms with Crippen LogP contribution in [0.3, 0.4) is 0 Å². The average Bonchev–Trinajstić information content (AvgIpc) is 2.54. The summed E-state index contributed by atoms with van der Waals surface area (Å²) in [7, 11) is 1.28. The summed E-state index contributed by atoms with van der Waals surface area (Å²) in [4.78, 5) is 37.1. The molecule has 5 nitrogen and oxygen atoms in total. The lowest BCUT2D eigenvalue weighted by Crippen LogP contribution is -2.44. The van der Waals surface area contributed by atoms with E-state index in [1.807, 2.05) is 19.1 Å². The van der Waals surface area contributed by atoms with Crippen LogP contribution in [0.5, 0.6) is 0 Å². The summed E-state index contributed by atoms with van der Waals surface area (Å²) in [6.45, 7) is 1.82. The van der Waals surface area contributed by atoms with Crippen molar-refractivity contribution in [2.45, 2.75) is 25.7 Å². The second kappa shape index (κ2) is 6.40. The largest absolute Gasteiger partial charge is 0.468 e. The normalized spacial score (nSPS) is 26.7. The van der Waals surface area contributed by atoms with Crippen LogP contribution in [0.1, 0.15) is 31.2 Å². The van der Waals surface area contributed by atoms with Crippen LogP contribution in [0.4, 0.5) is 0 Å². The van der Waals surface area contributed by atoms with Gasteiger partial charge in [-0.1, -0.05) is 30.7 Å². The quantitative estimate of drug-likeness (QED) is 0.659. The van der Waals surface area contributed by atoms with Gasteiger partial charge in [-0.05, 0) is 30.0 Å². The van der Waals surface area contributed by atoms with E-state index in [9.17, 15) is 14.4 Å². The number of carbonyl (C=O) groups is 3. The number of allylic oxidation sites excluding steroid dienone is 2. The molecule has 1 amide bonds. The predicted octanol–water partition coefficient (Wildman–Crippen LogP) is 2.60. The van der Waals surface area contributed by atoms with Gasteiger partial charge in [-0.25, -0.2) is 0 Å². The maximum Gasteiger partial charge on any atom is 0.316 e. The molecule has 1 aromatic rings. The molecular formula is C18H18ClNO4. The van der Waals surface area contributed by atoms with E-state index in [1.165, 1.54) is 7.11 Å². The fourth-order valence-electron chi connectivity index (χ4n) is 3.58. The van der Waals surface area contributed by atoms with Crippen LogP contribution >= 0.6 is 11.6 Å². The summed E-state index contributed by atoms with van der Waals surface area (Å²) in [5.74, 6) is -2.30. The number of halogens is 1. The summed E-state index contributed by atoms with van der Waals surface area (Å²) in [5, 5.41) is 3.40. The van der Waals surface area contributed by atoms with Gasteiger partial charge >= 0.3 is 5.97 Å². The number of ether oxygens (including phenoxy) is 1. The van der Waals surface area contributed by atoms with Crippen molar-refractivity contribution in [1.29, 1.82) is 0 Å². The van der Waals surface area contributed by atoms with Crippen LogP contribution in [-0.4, -0.2) is 24.8 Å². The number of hydrogen-bond acceptors (Lipinski definition) is 4. The van der Waals surface area contributed by atoms with E-state index in [1.54, 1.807) is 12.1 Å². The molecule has 0 bridgehead atoms. The molecule has 0 saturated carbocycles. The standard InChI is InChI=1S/C18H18ClNO4/c1-9-7-13-16(17(22)15(9)18(23)24-2)12(8-14(21)20-13)10-3-5-11(19)6-4-10/h3-6,9,12,15H,7-8H2,1-2H3,(H,20,21)/t9-,12-,15-/m0/s1. The molecule has 0 spiro atoms. The Hall–Kier alpha value is -2.14. The number of methoxy groups -OCH3 is 1. The van der Waals surface area contributed by atoms with E-state index in [2.05, 4.69) is 5.32 Å². The van der Waals surface area contributed by atoms with E-state index in [4.69, 9.17) is 16.3 Å². The van der Waals surface area contributed by atoms with Crippen LogP contribution in [0.25, 0.3) is 0 Å². The molecule has 3 atom stereocenters. The number of rotatable bonds is 2. The van der Waals surface area contributed by atoms with Crippen molar-refractivity contribution in [3.05, 3.63) is 46.1 Å². The highest BCUT2D eigenvalue weighted by molar-refractivity contribution is 6.30. The third kappa shape index (κ3) is 2.84. The fraction of sp³-hybridized carbons (Fsp3) is 0.389. The Labute approximate surface area is 145 Å². The van der Waals surface area contributed by atoms with Gasteiger partial charge in [0.15, 0.2) is 5.78 Å². The Bertz CT molecular complexity index is 738. The number of hydrogen-bond donors (Lipinski definition) is 1. The molecule has 2 aliphatic rings. The summed E-state index contributed by atoms with van der Waals surface area (Å²) in [6, 6.07) is 7.10. The first kappa shape index (κ1) is 16.7. The van der Waals surface area contributed by atoms with Gasteiger partial charge in [-0.2, -0.15) is 0 Å². The fourth-order valence-corrected chi connectivity index (χ4v) is 3.70. The monoisotopic (exact) mass is 347 g/mol. The Morgan fingerprint density at radius 3 is 2.50 bits per heavy atom. The minimum atomic E-state index is -0.821. The lowest BCUT2D eigenvalue weighted by molar-refractivity contribution is -0.151. The SMILES string of the molecule is COC(=O)[C@@H]1C(=O)C2=C(C[C@@H]1C)NC(=O)C[C@H]2c1ccc(Cl)cc1. The first-order chi connectivity index (χ1) is 11.4. The van der Waals surface area contributed by atoms with Crippen molar-refractivity contribution in [2.24, 2.45) is 11.8 Å². The van der Waals surface area contributed by atoms with Crippen molar-refractivity contribution in [1.82, 2.24) is 5.32 Å². The zero-order valence-electron chi connectivity index (χ0n) is 13.5. The molecule has 0 saturated heterocycles. The van der Waals surface area contributed by atoms with E-state index in [0.717, 1.165) is 5.56 Å². The number of benzene rings is 1. The van der Waals surface area contributed by atoms with Crippen LogP contribution in [0, 0.1) is 11.8 Å². The van der Waals surface area contributed by atoms with E-state index in [-0.39, 0.29) is 29.9 Å². The van der Waals surface area contributed by atoms with Crippen molar-refractivity contribution in [2.75, 3.05) is 7.11 Å². The molecule has 0 unspecified atom stereocenters. The van der Waals surface area contributed by atoms with Gasteiger partial charge in [-0.15, -0.1) is 0 Å². The van der Waals surface area contributed by atoms with Gasteiger partial charge in [0, 0.05) is 28.6 Å². The zero-order chi connectivity index (χ0) is 17.4. The van der Waals surface area contributed by atoms with Crippen molar-refractivity contribution >= 4 is 29.3 Å². The van der Waals surface area contributed by atoms with Crippen LogP contribution in [-0.2, 0) is 19.1 Å². The summed E-state index contributed by atoms with van der Waals surface area (Å²) >= 11 is 5.93. The second-order valence-corrected chi connectivity index (χ2v) is 6.73. The van der Waals surface area contributed by atoms with Crippen molar-refractivity contribution in [3.8, 4) is 0 Å². The van der Waals surface area contributed by atoms with Crippen LogP contribution in [0.15, 0.2) is 35.5 Å². The first-order valence-electron chi connectivity index (χ1n) is 7.82. The Balaban J connectivity index is 2.06. The maximum absolute atomic E-state index is 13.0. The Kier molecular flexibility index (Phi) is 4.45. The molecule has 1 aliphatic carbocycles. The molecule has 1 heterocycles. The number of amides is 1. The molecule has 6 heteroatoms. The van der Waals surface area contributed by atoms with Gasteiger partial charge in [0.2, 0.25) is 5.91 Å². The lowest BCUT2D eigenvalue weighted by Gasteiger charge is -2.36. The van der Waals surface area contributed by atoms with Crippen molar-refractivity contribution in [3.63, 3.8) is 0 Å². The zero-order valence-corrected chi connectivity index (χ0v) is 14.2. The highest BCUT2D eigenvalue weighted by Crippen LogP contribution is 2.42. The molecule has 1 aromatic carbocycles. The van der Waals surface area contributed by atoms with Crippen LogP contribution in [0.2, 0.25) is 5.02 Å². The van der Waals surface area contributed by atoms with E-state index >= 15 is 0 Å². The van der Waals surface area contributed by atoms with Gasteiger partial charge in [-0.3, -0.25) is 14.4 Å². The molecule has 1 N–H and O–H groups in total. The topological polar surface area (TPSA) is 72.5 Å². The molecule has 0 radical (unpaired) electrons. The van der Waals surface area contributed by atoms with Gasteiger partial charge < -0.3 is 10.1 Å². The third-order valence-corrected chi connectivity index (χ3v) is 4.98. The Morgan fingerprint density at radius 1 is 1.21 bits per heavy atom. The van der Waals surface area contributed by atoms with Gasteiger partial charge in [0.05, 0.1) is 7.11 Å². The van der Waals surface area contributed by atoms with Crippen LogP contribution < -0.4 is 5.32 Å². The smallest absolute Gasteiger partial charge is 0.316 e. The summed E-state index contributed by atoms with van der Waals surface area (Å²) in [5.41, 5.74) is 1.99. The van der Waals surface area contributed by atoms with E-state index in [0.29, 0.717) is 22.7 Å². The molecular weight excluding hydrogens is 330 g/mol. The molecule has 126 valence electrons. The average molecular weight is 348 g/mol. The number of carbonyl (C=O) groups excluding carboxylic acids is 3. The molecule has 1 aliphatic heterocycles. The van der Waals surface area contributed by atoms with Gasteiger partial charge in [0.25, 0.3) is 0 Å². The molecule has 3 rings (SSSR count). The maximum atomic E-state index is 13.0. The summed E-state index contributed by atoms with van der Waals surface area (Å²) in [6.07, 6.45) is 0.644. The number of nitrogens with one attached hydrogen (secondary N) is 1. The highest BCUT2D eigenvalue weighted by Gasteiger charge is 2.45. The summed E-state index contributed by atoms with van der Waals surface area (Å²) < 4.78 is 4.80. The lowest BCUT2D eigenvalue weighted by atomic mass is 9.70. The number of ketones is 1. The minimum absolute atomic E-state index is 0.120. The minimum Gasteiger partial charge on any atom is -0.468 e. The number of esters is 1. The van der Waals surface area contributed by atoms with Gasteiger partial charge in [0.1, 0.15) is 5.92 Å². The van der Waals surface area contributed by atoms with E-state index < -0.39 is 11.9 Å². The molecule has 0 fully saturated rings. The second-order valence-electron chi connectivity index (χ2n) is 6.30. The molecule has 0 aromatic heterocycles. The first-order valence-corrected chi connectivity index (χ1v) is 8.20. The predicted molar refractivity (Wildman–Crippen MR) is 88.3 cm³/mol.